The molecular formula is C15H18ClNO4. The van der Waals surface area contributed by atoms with Crippen molar-refractivity contribution in [3.05, 3.63) is 28.8 Å². The van der Waals surface area contributed by atoms with Crippen LogP contribution in [-0.4, -0.2) is 55.9 Å². The fraction of sp³-hybridized carbons (Fsp3) is 0.533. The molecule has 0 aromatic heterocycles. The summed E-state index contributed by atoms with van der Waals surface area (Å²) in [4.78, 5) is 14.4. The number of halogens is 1. The molecule has 3 rings (SSSR count). The van der Waals surface area contributed by atoms with Gasteiger partial charge in [-0.1, -0.05) is 11.6 Å². The van der Waals surface area contributed by atoms with Gasteiger partial charge in [-0.05, 0) is 18.2 Å². The van der Waals surface area contributed by atoms with Crippen LogP contribution < -0.4 is 4.74 Å². The van der Waals surface area contributed by atoms with Gasteiger partial charge in [0.05, 0.1) is 26.9 Å². The van der Waals surface area contributed by atoms with Crippen molar-refractivity contribution in [2.45, 2.75) is 0 Å². The molecule has 21 heavy (non-hydrogen) atoms. The maximum absolute atomic E-state index is 12.6. The Balaban J connectivity index is 1.82. The predicted molar refractivity (Wildman–Crippen MR) is 77.7 cm³/mol. The Morgan fingerprint density at radius 2 is 2.38 bits per heavy atom. The number of carbonyl (C=O) groups excluding carboxylic acids is 1. The Bertz CT molecular complexity index is 565. The normalized spacial score (nSPS) is 27.8. The van der Waals surface area contributed by atoms with Crippen LogP contribution in [-0.2, 0) is 4.74 Å². The van der Waals surface area contributed by atoms with Gasteiger partial charge in [-0.25, -0.2) is 0 Å². The number of amides is 1. The number of methoxy groups -OCH3 is 1. The molecule has 5 nitrogen and oxygen atoms in total. The highest BCUT2D eigenvalue weighted by Crippen LogP contribution is 2.41. The lowest BCUT2D eigenvalue weighted by Crippen LogP contribution is -2.36. The third kappa shape index (κ3) is 2.50. The van der Waals surface area contributed by atoms with Crippen molar-refractivity contribution >= 4 is 17.5 Å². The van der Waals surface area contributed by atoms with Gasteiger partial charge in [-0.15, -0.1) is 0 Å². The second-order valence-electron chi connectivity index (χ2n) is 5.80. The molecule has 1 amide bonds. The van der Waals surface area contributed by atoms with E-state index in [1.807, 2.05) is 0 Å². The lowest BCUT2D eigenvalue weighted by Gasteiger charge is -2.24. The minimum atomic E-state index is -0.307. The van der Waals surface area contributed by atoms with Crippen molar-refractivity contribution in [3.63, 3.8) is 0 Å². The number of ether oxygens (including phenoxy) is 2. The van der Waals surface area contributed by atoms with Crippen LogP contribution in [0.1, 0.15) is 10.4 Å². The topological polar surface area (TPSA) is 59.0 Å². The molecule has 1 N–H and O–H groups in total. The summed E-state index contributed by atoms with van der Waals surface area (Å²) in [7, 11) is 1.54. The zero-order valence-electron chi connectivity index (χ0n) is 11.8. The fourth-order valence-electron chi connectivity index (χ4n) is 3.20. The van der Waals surface area contributed by atoms with Crippen LogP contribution in [0, 0.1) is 11.3 Å². The quantitative estimate of drug-likeness (QED) is 0.917. The van der Waals surface area contributed by atoms with Gasteiger partial charge in [-0.3, -0.25) is 4.79 Å². The average Bonchev–Trinajstić information content (AvgIpc) is 3.02. The van der Waals surface area contributed by atoms with Gasteiger partial charge in [0.2, 0.25) is 0 Å². The molecule has 0 aliphatic carbocycles. The Morgan fingerprint density at radius 3 is 3.05 bits per heavy atom. The SMILES string of the molecule is COc1cc(Cl)cc(C(=O)N2C[C@H]3COC[C@@]3(CO)C2)c1. The second kappa shape index (κ2) is 5.48. The molecule has 0 spiro atoms. The van der Waals surface area contributed by atoms with Gasteiger partial charge in [0.15, 0.2) is 0 Å². The molecular weight excluding hydrogens is 294 g/mol. The molecule has 114 valence electrons. The van der Waals surface area contributed by atoms with Crippen molar-refractivity contribution in [3.8, 4) is 5.75 Å². The van der Waals surface area contributed by atoms with E-state index < -0.39 is 0 Å². The number of benzene rings is 1. The summed E-state index contributed by atoms with van der Waals surface area (Å²) in [6.45, 7) is 2.27. The zero-order valence-corrected chi connectivity index (χ0v) is 12.6. The molecule has 1 aromatic carbocycles. The van der Waals surface area contributed by atoms with Crippen LogP contribution in [0.15, 0.2) is 18.2 Å². The molecule has 0 saturated carbocycles. The highest BCUT2D eigenvalue weighted by atomic mass is 35.5. The van der Waals surface area contributed by atoms with Crippen molar-refractivity contribution in [1.29, 1.82) is 0 Å². The van der Waals surface area contributed by atoms with Crippen LogP contribution >= 0.6 is 11.6 Å². The van der Waals surface area contributed by atoms with E-state index in [4.69, 9.17) is 21.1 Å². The number of rotatable bonds is 3. The summed E-state index contributed by atoms with van der Waals surface area (Å²) >= 11 is 6.02. The largest absolute Gasteiger partial charge is 0.497 e. The fourth-order valence-corrected chi connectivity index (χ4v) is 3.42. The van der Waals surface area contributed by atoms with Crippen molar-refractivity contribution in [2.24, 2.45) is 11.3 Å². The Kier molecular flexibility index (Phi) is 3.82. The van der Waals surface area contributed by atoms with Crippen LogP contribution in [0.5, 0.6) is 5.75 Å². The van der Waals surface area contributed by atoms with Gasteiger partial charge in [0.1, 0.15) is 5.75 Å². The summed E-state index contributed by atoms with van der Waals surface area (Å²) in [5.74, 6) is 0.677. The molecule has 1 aromatic rings. The molecule has 2 aliphatic rings. The third-order valence-corrected chi connectivity index (χ3v) is 4.70. The number of aliphatic hydroxyl groups excluding tert-OH is 1. The Labute approximate surface area is 128 Å². The summed E-state index contributed by atoms with van der Waals surface area (Å²) in [6.07, 6.45) is 0. The summed E-state index contributed by atoms with van der Waals surface area (Å²) < 4.78 is 10.6. The number of hydrogen-bond donors (Lipinski definition) is 1. The molecule has 2 heterocycles. The minimum absolute atomic E-state index is 0.0420. The van der Waals surface area contributed by atoms with E-state index >= 15 is 0 Å². The monoisotopic (exact) mass is 311 g/mol. The third-order valence-electron chi connectivity index (χ3n) is 4.48. The lowest BCUT2D eigenvalue weighted by atomic mass is 9.82. The molecule has 2 saturated heterocycles. The van der Waals surface area contributed by atoms with Gasteiger partial charge >= 0.3 is 0 Å². The predicted octanol–water partition coefficient (Wildman–Crippen LogP) is 1.43. The molecule has 2 aliphatic heterocycles. The first-order chi connectivity index (χ1) is 10.1. The molecule has 0 radical (unpaired) electrons. The number of carbonyl (C=O) groups is 1. The average molecular weight is 312 g/mol. The van der Waals surface area contributed by atoms with E-state index in [0.29, 0.717) is 42.6 Å². The van der Waals surface area contributed by atoms with Crippen LogP contribution in [0.3, 0.4) is 0 Å². The number of hydrogen-bond acceptors (Lipinski definition) is 4. The standard InChI is InChI=1S/C15H18ClNO4/c1-20-13-3-10(2-12(16)4-13)14(19)17-5-11-6-21-9-15(11,7-17)8-18/h2-4,11,18H,5-9H2,1H3/t11-,15-/m0/s1. The van der Waals surface area contributed by atoms with Crippen LogP contribution in [0.4, 0.5) is 0 Å². The summed E-state index contributed by atoms with van der Waals surface area (Å²) in [6, 6.07) is 4.99. The van der Waals surface area contributed by atoms with Crippen molar-refractivity contribution < 1.29 is 19.4 Å². The van der Waals surface area contributed by atoms with Crippen molar-refractivity contribution in [2.75, 3.05) is 40.0 Å². The number of likely N-dealkylation sites (tertiary alicyclic amines) is 1. The zero-order chi connectivity index (χ0) is 15.0. The lowest BCUT2D eigenvalue weighted by molar-refractivity contribution is 0.0630. The van der Waals surface area contributed by atoms with Gasteiger partial charge in [0, 0.05) is 35.0 Å². The highest BCUT2D eigenvalue weighted by Gasteiger charge is 2.51. The molecule has 2 fully saturated rings. The second-order valence-corrected chi connectivity index (χ2v) is 6.23. The van der Waals surface area contributed by atoms with E-state index in [1.165, 1.54) is 7.11 Å². The number of aliphatic hydroxyl groups is 1. The molecule has 0 bridgehead atoms. The Morgan fingerprint density at radius 1 is 1.57 bits per heavy atom. The summed E-state index contributed by atoms with van der Waals surface area (Å²) in [5.41, 5.74) is 0.200. The van der Waals surface area contributed by atoms with E-state index in [1.54, 1.807) is 23.1 Å². The Hall–Kier alpha value is -1.30. The van der Waals surface area contributed by atoms with Gasteiger partial charge in [0.25, 0.3) is 5.91 Å². The van der Waals surface area contributed by atoms with Crippen LogP contribution in [0.2, 0.25) is 5.02 Å². The van der Waals surface area contributed by atoms with Crippen LogP contribution in [0.25, 0.3) is 0 Å². The van der Waals surface area contributed by atoms with E-state index in [9.17, 15) is 9.90 Å². The minimum Gasteiger partial charge on any atom is -0.497 e. The van der Waals surface area contributed by atoms with E-state index in [2.05, 4.69) is 0 Å². The van der Waals surface area contributed by atoms with Gasteiger partial charge < -0.3 is 19.5 Å². The van der Waals surface area contributed by atoms with Crippen molar-refractivity contribution in [1.82, 2.24) is 4.90 Å². The maximum Gasteiger partial charge on any atom is 0.254 e. The first-order valence-corrected chi connectivity index (χ1v) is 7.28. The molecule has 2 atom stereocenters. The molecule has 0 unspecified atom stereocenters. The van der Waals surface area contributed by atoms with E-state index in [0.717, 1.165) is 0 Å². The molecule has 6 heteroatoms. The number of fused-ring (bicyclic) bond motifs is 1. The highest BCUT2D eigenvalue weighted by molar-refractivity contribution is 6.31. The van der Waals surface area contributed by atoms with E-state index in [-0.39, 0.29) is 23.8 Å². The maximum atomic E-state index is 12.6. The number of nitrogens with zero attached hydrogens (tertiary/aromatic N) is 1. The first kappa shape index (κ1) is 14.6. The smallest absolute Gasteiger partial charge is 0.254 e. The summed E-state index contributed by atoms with van der Waals surface area (Å²) in [5, 5.41) is 10.1. The van der Waals surface area contributed by atoms with Gasteiger partial charge in [-0.2, -0.15) is 0 Å². The first-order valence-electron chi connectivity index (χ1n) is 6.90.